The minimum absolute atomic E-state index is 0.679. The van der Waals surface area contributed by atoms with Crippen LogP contribution >= 0.6 is 0 Å². The average molecular weight is 315 g/mol. The molecule has 0 aromatic carbocycles. The van der Waals surface area contributed by atoms with Gasteiger partial charge in [0.25, 0.3) is 0 Å². The van der Waals surface area contributed by atoms with E-state index in [9.17, 15) is 0 Å². The molecule has 2 nitrogen and oxygen atoms in total. The Morgan fingerprint density at radius 2 is 1.74 bits per heavy atom. The van der Waals surface area contributed by atoms with Crippen LogP contribution in [0.2, 0.25) is 0 Å². The van der Waals surface area contributed by atoms with E-state index in [-0.39, 0.29) is 0 Å². The molecule has 0 aromatic rings. The summed E-state index contributed by atoms with van der Waals surface area (Å²) in [4.78, 5) is 4.83. The summed E-state index contributed by atoms with van der Waals surface area (Å²) in [5.74, 6) is 1.55. The Balaban J connectivity index is 3.21. The molecule has 1 aliphatic carbocycles. The van der Waals surface area contributed by atoms with E-state index >= 15 is 0 Å². The second-order valence-corrected chi connectivity index (χ2v) is 6.61. The van der Waals surface area contributed by atoms with Crippen molar-refractivity contribution in [1.82, 2.24) is 5.32 Å². The lowest BCUT2D eigenvalue weighted by molar-refractivity contribution is 0.405. The van der Waals surface area contributed by atoms with E-state index in [0.717, 1.165) is 29.2 Å². The molecule has 0 spiro atoms. The van der Waals surface area contributed by atoms with Crippen LogP contribution < -0.4 is 5.32 Å². The van der Waals surface area contributed by atoms with Crippen LogP contribution in [0.15, 0.2) is 52.3 Å². The van der Waals surface area contributed by atoms with Gasteiger partial charge >= 0.3 is 0 Å². The number of aliphatic imine (C=N–C) groups is 1. The van der Waals surface area contributed by atoms with Crippen molar-refractivity contribution in [3.05, 3.63) is 47.3 Å². The van der Waals surface area contributed by atoms with Crippen LogP contribution in [0, 0.1) is 5.92 Å². The Morgan fingerprint density at radius 3 is 2.22 bits per heavy atom. The van der Waals surface area contributed by atoms with Gasteiger partial charge in [0, 0.05) is 5.70 Å². The van der Waals surface area contributed by atoms with E-state index in [1.807, 2.05) is 13.8 Å². The Labute approximate surface area is 143 Å². The highest BCUT2D eigenvalue weighted by atomic mass is 15.0. The van der Waals surface area contributed by atoms with E-state index in [1.54, 1.807) is 0 Å². The molecule has 0 atom stereocenters. The zero-order chi connectivity index (χ0) is 17.4. The van der Waals surface area contributed by atoms with E-state index < -0.39 is 0 Å². The molecule has 0 aromatic heterocycles. The first-order valence-electron chi connectivity index (χ1n) is 8.94. The fraction of sp³-hybridized carbons (Fsp3) is 0.571. The summed E-state index contributed by atoms with van der Waals surface area (Å²) < 4.78 is 0. The molecule has 0 saturated heterocycles. The molecule has 23 heavy (non-hydrogen) atoms. The van der Waals surface area contributed by atoms with Gasteiger partial charge in [-0.05, 0) is 69.6 Å². The third kappa shape index (κ3) is 5.85. The Kier molecular flexibility index (Phi) is 8.08. The number of amidine groups is 1. The predicted molar refractivity (Wildman–Crippen MR) is 104 cm³/mol. The molecule has 2 heteroatoms. The minimum Gasteiger partial charge on any atom is -0.348 e. The summed E-state index contributed by atoms with van der Waals surface area (Å²) in [6.07, 6.45) is 9.87. The van der Waals surface area contributed by atoms with E-state index in [4.69, 9.17) is 4.99 Å². The molecule has 0 aliphatic heterocycles. The van der Waals surface area contributed by atoms with Crippen LogP contribution in [0.4, 0.5) is 0 Å². The predicted octanol–water partition coefficient (Wildman–Crippen LogP) is 6.29. The summed E-state index contributed by atoms with van der Waals surface area (Å²) in [5.41, 5.74) is 5.79. The summed E-state index contributed by atoms with van der Waals surface area (Å²) in [6.45, 7) is 18.6. The zero-order valence-electron chi connectivity index (χ0n) is 15.8. The maximum absolute atomic E-state index is 4.83. The van der Waals surface area contributed by atoms with Crippen LogP contribution in [-0.2, 0) is 0 Å². The molecule has 0 heterocycles. The van der Waals surface area contributed by atoms with E-state index in [2.05, 4.69) is 45.3 Å². The third-order valence-corrected chi connectivity index (χ3v) is 4.58. The summed E-state index contributed by atoms with van der Waals surface area (Å²) in [5, 5.41) is 3.20. The normalized spacial score (nSPS) is 18.5. The van der Waals surface area contributed by atoms with Gasteiger partial charge in [0.1, 0.15) is 5.84 Å². The number of hydrogen-bond acceptors (Lipinski definition) is 1. The van der Waals surface area contributed by atoms with Crippen molar-refractivity contribution in [2.45, 2.75) is 73.1 Å². The fourth-order valence-electron chi connectivity index (χ4n) is 3.41. The topological polar surface area (TPSA) is 24.4 Å². The summed E-state index contributed by atoms with van der Waals surface area (Å²) in [7, 11) is 0. The van der Waals surface area contributed by atoms with E-state index in [1.165, 1.54) is 43.3 Å². The molecule has 1 fully saturated rings. The van der Waals surface area contributed by atoms with Gasteiger partial charge in [-0.3, -0.25) is 0 Å². The minimum atomic E-state index is 0.679. The lowest BCUT2D eigenvalue weighted by Gasteiger charge is -2.26. The highest BCUT2D eigenvalue weighted by molar-refractivity contribution is 5.82. The number of nitrogens with zero attached hydrogens (tertiary/aromatic N) is 1. The molecule has 1 aliphatic rings. The summed E-state index contributed by atoms with van der Waals surface area (Å²) >= 11 is 0. The Bertz CT molecular complexity index is 526. The van der Waals surface area contributed by atoms with Crippen LogP contribution in [-0.4, -0.2) is 5.84 Å². The second-order valence-electron chi connectivity index (χ2n) is 6.61. The van der Waals surface area contributed by atoms with Crippen LogP contribution in [0.5, 0.6) is 0 Å². The SMILES string of the molecule is C=C(C)NC(C)=N/C(C(=C)CC)=C(C)/C(=C\C)C1CCCCC1. The molecule has 1 saturated carbocycles. The quantitative estimate of drug-likeness (QED) is 0.347. The van der Waals surface area contributed by atoms with Crippen LogP contribution in [0.3, 0.4) is 0 Å². The third-order valence-electron chi connectivity index (χ3n) is 4.58. The van der Waals surface area contributed by atoms with Gasteiger partial charge < -0.3 is 5.32 Å². The molecule has 0 amide bonds. The summed E-state index contributed by atoms with van der Waals surface area (Å²) in [6, 6.07) is 0. The number of nitrogens with one attached hydrogen (secondary N) is 1. The van der Waals surface area contributed by atoms with Gasteiger partial charge in [-0.25, -0.2) is 4.99 Å². The highest BCUT2D eigenvalue weighted by Gasteiger charge is 2.20. The van der Waals surface area contributed by atoms with Gasteiger partial charge in [0.15, 0.2) is 0 Å². The van der Waals surface area contributed by atoms with Crippen molar-refractivity contribution in [1.29, 1.82) is 0 Å². The Hall–Kier alpha value is -1.57. The zero-order valence-corrected chi connectivity index (χ0v) is 15.8. The molecule has 128 valence electrons. The largest absolute Gasteiger partial charge is 0.348 e. The molecule has 1 N–H and O–H groups in total. The van der Waals surface area contributed by atoms with Crippen molar-refractivity contribution in [2.75, 3.05) is 0 Å². The molecule has 0 radical (unpaired) electrons. The van der Waals surface area contributed by atoms with Gasteiger partial charge in [-0.1, -0.05) is 45.4 Å². The monoisotopic (exact) mass is 314 g/mol. The van der Waals surface area contributed by atoms with Crippen LogP contribution in [0.25, 0.3) is 0 Å². The number of allylic oxidation sites excluding steroid dienone is 5. The first-order valence-corrected chi connectivity index (χ1v) is 8.94. The number of rotatable bonds is 6. The van der Waals surface area contributed by atoms with Gasteiger partial charge in [0.2, 0.25) is 0 Å². The molecule has 0 bridgehead atoms. The first-order chi connectivity index (χ1) is 10.9. The smallest absolute Gasteiger partial charge is 0.103 e. The molecular weight excluding hydrogens is 280 g/mol. The molecule has 1 rings (SSSR count). The lowest BCUT2D eigenvalue weighted by atomic mass is 9.80. The van der Waals surface area contributed by atoms with Gasteiger partial charge in [0.05, 0.1) is 5.70 Å². The van der Waals surface area contributed by atoms with Crippen molar-refractivity contribution in [3.8, 4) is 0 Å². The standard InChI is InChI=1S/C21H34N2/c1-8-16(5)21(23-18(7)22-15(3)4)17(6)20(9-2)19-13-11-10-12-14-19/h9,19H,3,5,8,10-14H2,1-2,4,6-7H3,(H,22,23)/b20-9+,21-17+. The number of hydrogen-bond donors (Lipinski definition) is 1. The van der Waals surface area contributed by atoms with E-state index in [0.29, 0.717) is 5.92 Å². The van der Waals surface area contributed by atoms with Gasteiger partial charge in [-0.15, -0.1) is 0 Å². The molecule has 0 unspecified atom stereocenters. The van der Waals surface area contributed by atoms with Crippen molar-refractivity contribution in [2.24, 2.45) is 10.9 Å². The Morgan fingerprint density at radius 1 is 1.13 bits per heavy atom. The van der Waals surface area contributed by atoms with Crippen molar-refractivity contribution in [3.63, 3.8) is 0 Å². The van der Waals surface area contributed by atoms with Gasteiger partial charge in [-0.2, -0.15) is 0 Å². The highest BCUT2D eigenvalue weighted by Crippen LogP contribution is 2.35. The maximum Gasteiger partial charge on any atom is 0.103 e. The molecular formula is C21H34N2. The lowest BCUT2D eigenvalue weighted by Crippen LogP contribution is -2.18. The van der Waals surface area contributed by atoms with Crippen molar-refractivity contribution >= 4 is 5.84 Å². The second kappa shape index (κ2) is 9.54. The average Bonchev–Trinajstić information content (AvgIpc) is 2.52. The first kappa shape index (κ1) is 19.5. The van der Waals surface area contributed by atoms with Crippen molar-refractivity contribution < 1.29 is 0 Å². The fourth-order valence-corrected chi connectivity index (χ4v) is 3.41. The van der Waals surface area contributed by atoms with Crippen LogP contribution in [0.1, 0.15) is 73.1 Å². The maximum atomic E-state index is 4.83.